The maximum absolute atomic E-state index is 10.5. The van der Waals surface area contributed by atoms with Crippen LogP contribution in [0.5, 0.6) is 0 Å². The van der Waals surface area contributed by atoms with E-state index in [9.17, 15) is 4.79 Å². The summed E-state index contributed by atoms with van der Waals surface area (Å²) in [6.45, 7) is 14.4. The van der Waals surface area contributed by atoms with E-state index in [1.54, 1.807) is 0 Å². The summed E-state index contributed by atoms with van der Waals surface area (Å²) >= 11 is 0. The molecule has 1 aliphatic carbocycles. The van der Waals surface area contributed by atoms with E-state index < -0.39 is 0 Å². The van der Waals surface area contributed by atoms with Crippen molar-refractivity contribution in [1.29, 1.82) is 0 Å². The average molecular weight is 284 g/mol. The first kappa shape index (κ1) is 19.7. The van der Waals surface area contributed by atoms with Crippen LogP contribution < -0.4 is 0 Å². The number of hydrogen-bond acceptors (Lipinski definition) is 3. The monoisotopic (exact) mass is 284 g/mol. The smallest absolute Gasteiger partial charge is 0.403 e. The van der Waals surface area contributed by atoms with Gasteiger partial charge in [-0.25, -0.2) is 0 Å². The molecule has 118 valence electrons. The standard InChI is InChI=1S/C8H17BO2.C6H10O.C2H6/c1-6-9-10-7(2,3)8(4,5)11-9;7-6-4-2-1-3-5-6;1-2/h6H2,1-5H3;1-5H2;1-2H3. The van der Waals surface area contributed by atoms with E-state index >= 15 is 0 Å². The summed E-state index contributed by atoms with van der Waals surface area (Å²) in [4.78, 5) is 10.5. The maximum Gasteiger partial charge on any atom is 0.457 e. The second-order valence-corrected chi connectivity index (χ2v) is 6.19. The molecule has 3 nitrogen and oxygen atoms in total. The van der Waals surface area contributed by atoms with Crippen LogP contribution in [-0.4, -0.2) is 24.1 Å². The average Bonchev–Trinajstić information content (AvgIpc) is 2.62. The van der Waals surface area contributed by atoms with Crippen LogP contribution in [-0.2, 0) is 14.1 Å². The Morgan fingerprint density at radius 1 is 0.950 bits per heavy atom. The molecule has 2 aliphatic rings. The Labute approximate surface area is 125 Å². The number of rotatable bonds is 1. The van der Waals surface area contributed by atoms with E-state index in [0.717, 1.165) is 32.0 Å². The normalized spacial score (nSPS) is 23.4. The molecular formula is C16H33BO3. The van der Waals surface area contributed by atoms with Gasteiger partial charge in [0.1, 0.15) is 5.78 Å². The minimum atomic E-state index is -0.159. The molecule has 0 aromatic heterocycles. The summed E-state index contributed by atoms with van der Waals surface area (Å²) in [5.41, 5.74) is -0.318. The third-order valence-electron chi connectivity index (χ3n) is 4.05. The number of carbonyl (C=O) groups is 1. The molecule has 2 fully saturated rings. The second kappa shape index (κ2) is 8.83. The van der Waals surface area contributed by atoms with E-state index in [0.29, 0.717) is 5.78 Å². The van der Waals surface area contributed by atoms with Gasteiger partial charge in [-0.2, -0.15) is 0 Å². The van der Waals surface area contributed by atoms with Gasteiger partial charge in [0.25, 0.3) is 0 Å². The Morgan fingerprint density at radius 3 is 1.55 bits per heavy atom. The third-order valence-corrected chi connectivity index (χ3v) is 4.05. The van der Waals surface area contributed by atoms with E-state index in [2.05, 4.69) is 34.6 Å². The van der Waals surface area contributed by atoms with Gasteiger partial charge in [0.05, 0.1) is 11.2 Å². The van der Waals surface area contributed by atoms with Crippen molar-refractivity contribution in [2.75, 3.05) is 0 Å². The number of Topliss-reactive ketones (excluding diaryl/α,β-unsaturated/α-hetero) is 1. The number of carbonyl (C=O) groups excluding carboxylic acids is 1. The van der Waals surface area contributed by atoms with Gasteiger partial charge in [-0.05, 0) is 46.9 Å². The molecule has 1 saturated heterocycles. The van der Waals surface area contributed by atoms with Gasteiger partial charge in [0.2, 0.25) is 0 Å². The topological polar surface area (TPSA) is 35.5 Å². The van der Waals surface area contributed by atoms with Crippen molar-refractivity contribution in [2.24, 2.45) is 0 Å². The number of hydrogen-bond donors (Lipinski definition) is 0. The summed E-state index contributed by atoms with van der Waals surface area (Å²) in [6.07, 6.45) is 6.16. The van der Waals surface area contributed by atoms with Gasteiger partial charge in [0.15, 0.2) is 0 Å². The van der Waals surface area contributed by atoms with E-state index in [1.807, 2.05) is 13.8 Å². The van der Waals surface area contributed by atoms with Gasteiger partial charge in [0, 0.05) is 12.8 Å². The van der Waals surface area contributed by atoms with E-state index in [4.69, 9.17) is 9.31 Å². The van der Waals surface area contributed by atoms with Crippen LogP contribution in [0, 0.1) is 0 Å². The van der Waals surface area contributed by atoms with Gasteiger partial charge in [-0.15, -0.1) is 0 Å². The first-order chi connectivity index (χ1) is 9.28. The van der Waals surface area contributed by atoms with Crippen LogP contribution in [0.1, 0.15) is 80.6 Å². The summed E-state index contributed by atoms with van der Waals surface area (Å²) in [7, 11) is -0.0139. The van der Waals surface area contributed by atoms with Crippen molar-refractivity contribution in [2.45, 2.75) is 98.1 Å². The lowest BCUT2D eigenvalue weighted by molar-refractivity contribution is -0.120. The van der Waals surface area contributed by atoms with Crippen molar-refractivity contribution in [1.82, 2.24) is 0 Å². The predicted octanol–water partition coefficient (Wildman–Crippen LogP) is 4.64. The molecule has 20 heavy (non-hydrogen) atoms. The summed E-state index contributed by atoms with van der Waals surface area (Å²) in [5.74, 6) is 0.464. The summed E-state index contributed by atoms with van der Waals surface area (Å²) < 4.78 is 11.4. The third kappa shape index (κ3) is 5.96. The molecule has 1 aliphatic heterocycles. The van der Waals surface area contributed by atoms with Crippen LogP contribution in [0.25, 0.3) is 0 Å². The van der Waals surface area contributed by atoms with Gasteiger partial charge >= 0.3 is 7.12 Å². The zero-order chi connectivity index (χ0) is 15.8. The molecule has 0 spiro atoms. The predicted molar refractivity (Wildman–Crippen MR) is 86.0 cm³/mol. The number of ketones is 1. The highest BCUT2D eigenvalue weighted by atomic mass is 16.7. The Balaban J connectivity index is 0.000000345. The molecule has 1 saturated carbocycles. The van der Waals surface area contributed by atoms with Crippen LogP contribution in [0.3, 0.4) is 0 Å². The zero-order valence-corrected chi connectivity index (χ0v) is 14.5. The fourth-order valence-electron chi connectivity index (χ4n) is 2.08. The lowest BCUT2D eigenvalue weighted by Crippen LogP contribution is -2.41. The van der Waals surface area contributed by atoms with Crippen LogP contribution in [0.4, 0.5) is 0 Å². The van der Waals surface area contributed by atoms with Crippen molar-refractivity contribution in [3.05, 3.63) is 0 Å². The van der Waals surface area contributed by atoms with Crippen molar-refractivity contribution in [3.8, 4) is 0 Å². The molecule has 0 amide bonds. The molecule has 0 N–H and O–H groups in total. The second-order valence-electron chi connectivity index (χ2n) is 6.19. The molecule has 0 aromatic rings. The fraction of sp³-hybridized carbons (Fsp3) is 0.938. The molecule has 0 atom stereocenters. The van der Waals surface area contributed by atoms with Crippen LogP contribution in [0.15, 0.2) is 0 Å². The van der Waals surface area contributed by atoms with Crippen molar-refractivity contribution in [3.63, 3.8) is 0 Å². The maximum atomic E-state index is 10.5. The Morgan fingerprint density at radius 2 is 1.35 bits per heavy atom. The molecule has 0 radical (unpaired) electrons. The largest absolute Gasteiger partial charge is 0.457 e. The Kier molecular flexibility index (Phi) is 8.68. The van der Waals surface area contributed by atoms with Crippen LogP contribution in [0.2, 0.25) is 6.32 Å². The summed E-state index contributed by atoms with van der Waals surface area (Å²) in [5, 5.41) is 0. The fourth-order valence-corrected chi connectivity index (χ4v) is 2.08. The Bertz CT molecular complexity index is 263. The summed E-state index contributed by atoms with van der Waals surface area (Å²) in [6, 6.07) is 0. The molecule has 0 bridgehead atoms. The molecule has 1 heterocycles. The SMILES string of the molecule is CC.CCB1OC(C)(C)C(C)(C)O1.O=C1CCCCC1. The lowest BCUT2D eigenvalue weighted by atomic mass is 9.87. The van der Waals surface area contributed by atoms with E-state index in [-0.39, 0.29) is 18.3 Å². The van der Waals surface area contributed by atoms with Gasteiger partial charge < -0.3 is 9.31 Å². The molecule has 0 unspecified atom stereocenters. The highest BCUT2D eigenvalue weighted by Gasteiger charge is 2.49. The van der Waals surface area contributed by atoms with Crippen molar-refractivity contribution >= 4 is 12.9 Å². The van der Waals surface area contributed by atoms with Gasteiger partial charge in [-0.3, -0.25) is 4.79 Å². The lowest BCUT2D eigenvalue weighted by Gasteiger charge is -2.32. The van der Waals surface area contributed by atoms with Crippen molar-refractivity contribution < 1.29 is 14.1 Å². The first-order valence-corrected chi connectivity index (χ1v) is 8.16. The van der Waals surface area contributed by atoms with E-state index in [1.165, 1.54) is 6.42 Å². The molecule has 0 aromatic carbocycles. The highest BCUT2D eigenvalue weighted by molar-refractivity contribution is 6.45. The minimum Gasteiger partial charge on any atom is -0.403 e. The molecular weight excluding hydrogens is 251 g/mol. The molecule has 4 heteroatoms. The van der Waals surface area contributed by atoms with Gasteiger partial charge in [-0.1, -0.05) is 27.2 Å². The zero-order valence-electron chi connectivity index (χ0n) is 14.5. The quantitative estimate of drug-likeness (QED) is 0.658. The first-order valence-electron chi connectivity index (χ1n) is 8.16. The molecule has 2 rings (SSSR count). The Hall–Kier alpha value is -0.345. The highest BCUT2D eigenvalue weighted by Crippen LogP contribution is 2.37. The minimum absolute atomic E-state index is 0.0139. The van der Waals surface area contributed by atoms with Crippen LogP contribution >= 0.6 is 0 Å².